The number of amides is 1. The third-order valence-corrected chi connectivity index (χ3v) is 3.81. The summed E-state index contributed by atoms with van der Waals surface area (Å²) in [7, 11) is 0. The van der Waals surface area contributed by atoms with Crippen LogP contribution in [-0.4, -0.2) is 40.2 Å². The fourth-order valence-electron chi connectivity index (χ4n) is 1.27. The van der Waals surface area contributed by atoms with Gasteiger partial charge in [0.15, 0.2) is 0 Å². The molecule has 0 spiro atoms. The summed E-state index contributed by atoms with van der Waals surface area (Å²) in [6.45, 7) is 2.75. The maximum Gasteiger partial charge on any atom is 0.244 e. The number of hydrogen-bond donors (Lipinski definition) is 2. The highest BCUT2D eigenvalue weighted by Gasteiger charge is 2.21. The minimum atomic E-state index is -0.104. The first-order chi connectivity index (χ1) is 7.25. The van der Waals surface area contributed by atoms with Gasteiger partial charge in [0, 0.05) is 18.1 Å². The Hall–Kier alpha value is -0.660. The molecule has 82 valence electrons. The van der Waals surface area contributed by atoms with Gasteiger partial charge < -0.3 is 5.32 Å². The van der Waals surface area contributed by atoms with Crippen LogP contribution in [0.3, 0.4) is 0 Å². The average molecular weight is 244 g/mol. The number of carbonyl (C=O) groups excluding carboxylic acids is 1. The van der Waals surface area contributed by atoms with E-state index in [1.165, 1.54) is 11.3 Å². The number of nitrogens with one attached hydrogen (secondary N) is 2. The number of anilines is 1. The van der Waals surface area contributed by atoms with Gasteiger partial charge in [-0.15, -0.1) is 10.2 Å². The van der Waals surface area contributed by atoms with Gasteiger partial charge in [-0.3, -0.25) is 10.1 Å². The van der Waals surface area contributed by atoms with E-state index < -0.39 is 0 Å². The summed E-state index contributed by atoms with van der Waals surface area (Å²) in [6.07, 6.45) is 0. The van der Waals surface area contributed by atoms with Crippen molar-refractivity contribution in [2.75, 3.05) is 23.4 Å². The summed E-state index contributed by atoms with van der Waals surface area (Å²) in [5.41, 5.74) is 0. The molecule has 0 aliphatic carbocycles. The van der Waals surface area contributed by atoms with Crippen molar-refractivity contribution in [1.29, 1.82) is 0 Å². The van der Waals surface area contributed by atoms with Crippen LogP contribution >= 0.6 is 23.1 Å². The highest BCUT2D eigenvalue weighted by atomic mass is 32.2. The lowest BCUT2D eigenvalue weighted by molar-refractivity contribution is -0.117. The van der Waals surface area contributed by atoms with Crippen LogP contribution in [0.15, 0.2) is 0 Å². The lowest BCUT2D eigenvalue weighted by atomic mass is 10.3. The minimum absolute atomic E-state index is 0.0154. The molecule has 2 rings (SSSR count). The van der Waals surface area contributed by atoms with Gasteiger partial charge in [0.1, 0.15) is 5.01 Å². The zero-order valence-corrected chi connectivity index (χ0v) is 9.95. The fourth-order valence-corrected chi connectivity index (χ4v) is 2.80. The predicted molar refractivity (Wildman–Crippen MR) is 62.4 cm³/mol. The number of thioether (sulfide) groups is 1. The third kappa shape index (κ3) is 2.90. The van der Waals surface area contributed by atoms with E-state index in [0.717, 1.165) is 23.1 Å². The minimum Gasteiger partial charge on any atom is -0.304 e. The molecule has 0 bridgehead atoms. The molecule has 0 saturated carbocycles. The van der Waals surface area contributed by atoms with Crippen molar-refractivity contribution in [2.24, 2.45) is 0 Å². The molecule has 1 saturated heterocycles. The summed E-state index contributed by atoms with van der Waals surface area (Å²) >= 11 is 3.18. The van der Waals surface area contributed by atoms with Gasteiger partial charge >= 0.3 is 0 Å². The average Bonchev–Trinajstić information content (AvgIpc) is 2.65. The van der Waals surface area contributed by atoms with Crippen molar-refractivity contribution in [1.82, 2.24) is 15.5 Å². The van der Waals surface area contributed by atoms with Crippen molar-refractivity contribution in [3.8, 4) is 0 Å². The molecule has 1 aliphatic heterocycles. The molecular formula is C8H12N4OS2. The molecule has 1 aromatic heterocycles. The van der Waals surface area contributed by atoms with Gasteiger partial charge in [0.05, 0.1) is 6.04 Å². The van der Waals surface area contributed by atoms with E-state index in [1.54, 1.807) is 11.8 Å². The molecule has 7 heteroatoms. The van der Waals surface area contributed by atoms with Crippen molar-refractivity contribution >= 4 is 34.1 Å². The number of nitrogens with zero attached hydrogens (tertiary/aromatic N) is 2. The quantitative estimate of drug-likeness (QED) is 0.792. The van der Waals surface area contributed by atoms with Crippen LogP contribution in [0, 0.1) is 6.92 Å². The standard InChI is InChI=1S/C8H12N4OS2/c1-5-11-12-8(15-5)10-7(13)6-4-14-3-2-9-6/h6,9H,2-4H2,1H3,(H,10,12,13). The fraction of sp³-hybridized carbons (Fsp3) is 0.625. The SMILES string of the molecule is Cc1nnc(NC(=O)C2CSCCN2)s1. The largest absolute Gasteiger partial charge is 0.304 e. The first kappa shape index (κ1) is 10.8. The monoisotopic (exact) mass is 244 g/mol. The Morgan fingerprint density at radius 1 is 1.60 bits per heavy atom. The smallest absolute Gasteiger partial charge is 0.244 e. The van der Waals surface area contributed by atoms with Crippen molar-refractivity contribution in [3.63, 3.8) is 0 Å². The van der Waals surface area contributed by atoms with Gasteiger partial charge in [0.25, 0.3) is 0 Å². The maximum absolute atomic E-state index is 11.7. The Morgan fingerprint density at radius 2 is 2.47 bits per heavy atom. The molecule has 1 atom stereocenters. The molecular weight excluding hydrogens is 232 g/mol. The van der Waals surface area contributed by atoms with Crippen LogP contribution in [0.25, 0.3) is 0 Å². The molecule has 1 fully saturated rings. The van der Waals surface area contributed by atoms with Gasteiger partial charge in [-0.2, -0.15) is 11.8 Å². The predicted octanol–water partition coefficient (Wildman–Crippen LogP) is 0.490. The van der Waals surface area contributed by atoms with Crippen LogP contribution in [0.1, 0.15) is 5.01 Å². The normalized spacial score (nSPS) is 21.3. The summed E-state index contributed by atoms with van der Waals surface area (Å²) in [6, 6.07) is -0.104. The van der Waals surface area contributed by atoms with E-state index in [1.807, 2.05) is 6.92 Å². The van der Waals surface area contributed by atoms with Crippen molar-refractivity contribution in [3.05, 3.63) is 5.01 Å². The second-order valence-electron chi connectivity index (χ2n) is 3.20. The van der Waals surface area contributed by atoms with Gasteiger partial charge in [-0.25, -0.2) is 0 Å². The van der Waals surface area contributed by atoms with E-state index in [2.05, 4.69) is 20.8 Å². The first-order valence-corrected chi connectivity index (χ1v) is 6.65. The molecule has 2 N–H and O–H groups in total. The van der Waals surface area contributed by atoms with Gasteiger partial charge in [0.2, 0.25) is 11.0 Å². The van der Waals surface area contributed by atoms with Gasteiger partial charge in [-0.1, -0.05) is 11.3 Å². The molecule has 5 nitrogen and oxygen atoms in total. The Kier molecular flexibility index (Phi) is 3.55. The maximum atomic E-state index is 11.7. The van der Waals surface area contributed by atoms with E-state index >= 15 is 0 Å². The topological polar surface area (TPSA) is 66.9 Å². The number of carbonyl (C=O) groups is 1. The van der Waals surface area contributed by atoms with Crippen LogP contribution in [-0.2, 0) is 4.79 Å². The highest BCUT2D eigenvalue weighted by Crippen LogP contribution is 2.15. The summed E-state index contributed by atoms with van der Waals surface area (Å²) in [5, 5.41) is 15.1. The number of rotatable bonds is 2. The lowest BCUT2D eigenvalue weighted by Gasteiger charge is -2.21. The van der Waals surface area contributed by atoms with Crippen LogP contribution < -0.4 is 10.6 Å². The van der Waals surface area contributed by atoms with Crippen molar-refractivity contribution in [2.45, 2.75) is 13.0 Å². The Balaban J connectivity index is 1.91. The Bertz CT molecular complexity index is 348. The van der Waals surface area contributed by atoms with Crippen LogP contribution in [0.5, 0.6) is 0 Å². The van der Waals surface area contributed by atoms with E-state index in [9.17, 15) is 4.79 Å². The third-order valence-electron chi connectivity index (χ3n) is 1.99. The summed E-state index contributed by atoms with van der Waals surface area (Å²) in [5.74, 6) is 1.88. The molecule has 1 unspecified atom stereocenters. The Labute approximate surface area is 96.0 Å². The molecule has 1 aromatic rings. The number of aryl methyl sites for hydroxylation is 1. The second kappa shape index (κ2) is 4.91. The summed E-state index contributed by atoms with van der Waals surface area (Å²) < 4.78 is 0. The molecule has 0 radical (unpaired) electrons. The van der Waals surface area contributed by atoms with E-state index in [0.29, 0.717) is 5.13 Å². The van der Waals surface area contributed by atoms with Crippen molar-refractivity contribution < 1.29 is 4.79 Å². The van der Waals surface area contributed by atoms with E-state index in [-0.39, 0.29) is 11.9 Å². The van der Waals surface area contributed by atoms with Crippen LogP contribution in [0.2, 0.25) is 0 Å². The summed E-state index contributed by atoms with van der Waals surface area (Å²) in [4.78, 5) is 11.7. The molecule has 0 aromatic carbocycles. The molecule has 1 amide bonds. The first-order valence-electron chi connectivity index (χ1n) is 4.68. The molecule has 1 aliphatic rings. The Morgan fingerprint density at radius 3 is 3.07 bits per heavy atom. The van der Waals surface area contributed by atoms with Gasteiger partial charge in [-0.05, 0) is 6.92 Å². The number of hydrogen-bond acceptors (Lipinski definition) is 6. The number of aromatic nitrogens is 2. The molecule has 2 heterocycles. The zero-order chi connectivity index (χ0) is 10.7. The second-order valence-corrected chi connectivity index (χ2v) is 5.53. The lowest BCUT2D eigenvalue weighted by Crippen LogP contribution is -2.46. The molecule has 15 heavy (non-hydrogen) atoms. The van der Waals surface area contributed by atoms with Crippen LogP contribution in [0.4, 0.5) is 5.13 Å². The van der Waals surface area contributed by atoms with E-state index in [4.69, 9.17) is 0 Å². The highest BCUT2D eigenvalue weighted by molar-refractivity contribution is 7.99. The zero-order valence-electron chi connectivity index (χ0n) is 8.32.